The molecule has 0 saturated heterocycles. The fourth-order valence-corrected chi connectivity index (χ4v) is 5.67. The van der Waals surface area contributed by atoms with E-state index < -0.39 is 14.7 Å². The largest absolute Gasteiger partial charge is 0.462 e. The van der Waals surface area contributed by atoms with Crippen molar-refractivity contribution in [1.29, 1.82) is 0 Å². The van der Waals surface area contributed by atoms with Gasteiger partial charge >= 0.3 is 20.5 Å². The SMILES string of the molecule is CCCCCCCCCCCCCC(=O)OC[C@@H](COP(O)OCC[N+](C)(C)C)OC(=O)CCCCCCCCCCCCC. The zero-order valence-electron chi connectivity index (χ0n) is 30.2. The van der Waals surface area contributed by atoms with Gasteiger partial charge in [0.1, 0.15) is 19.8 Å². The Balaban J connectivity index is 4.30. The van der Waals surface area contributed by atoms with Gasteiger partial charge in [0, 0.05) is 12.8 Å². The topological polar surface area (TPSA) is 91.3 Å². The highest BCUT2D eigenvalue weighted by atomic mass is 31.2. The summed E-state index contributed by atoms with van der Waals surface area (Å²) in [6.45, 7) is 5.40. The molecule has 9 heteroatoms. The maximum atomic E-state index is 12.6. The summed E-state index contributed by atoms with van der Waals surface area (Å²) >= 11 is 0. The summed E-state index contributed by atoms with van der Waals surface area (Å²) in [7, 11) is 4.02. The second kappa shape index (κ2) is 31.8. The molecule has 45 heavy (non-hydrogen) atoms. The van der Waals surface area contributed by atoms with E-state index in [1.54, 1.807) is 0 Å². The summed E-state index contributed by atoms with van der Waals surface area (Å²) in [6, 6.07) is 0. The van der Waals surface area contributed by atoms with Gasteiger partial charge < -0.3 is 27.9 Å². The van der Waals surface area contributed by atoms with E-state index in [9.17, 15) is 14.5 Å². The van der Waals surface area contributed by atoms with Crippen molar-refractivity contribution in [3.8, 4) is 0 Å². The van der Waals surface area contributed by atoms with Gasteiger partial charge in [-0.05, 0) is 12.8 Å². The number of quaternary nitrogens is 1. The van der Waals surface area contributed by atoms with E-state index in [2.05, 4.69) is 13.8 Å². The number of hydrogen-bond donors (Lipinski definition) is 1. The van der Waals surface area contributed by atoms with Gasteiger partial charge in [0.15, 0.2) is 6.10 Å². The summed E-state index contributed by atoms with van der Waals surface area (Å²) in [4.78, 5) is 35.1. The van der Waals surface area contributed by atoms with Crippen LogP contribution in [0.4, 0.5) is 0 Å². The number of likely N-dealkylation sites (N-methyl/N-ethyl adjacent to an activating group) is 1. The lowest BCUT2D eigenvalue weighted by molar-refractivity contribution is -0.870. The molecule has 0 aromatic rings. The van der Waals surface area contributed by atoms with Crippen molar-refractivity contribution in [3.05, 3.63) is 0 Å². The summed E-state index contributed by atoms with van der Waals surface area (Å²) in [6.07, 6.45) is 26.7. The van der Waals surface area contributed by atoms with Gasteiger partial charge in [0.25, 0.3) is 0 Å². The Labute approximate surface area is 279 Å². The number of nitrogens with zero attached hydrogens (tertiary/aromatic N) is 1. The summed E-state index contributed by atoms with van der Waals surface area (Å²) in [5.41, 5.74) is 0. The summed E-state index contributed by atoms with van der Waals surface area (Å²) < 4.78 is 22.6. The molecule has 0 spiro atoms. The Hall–Kier alpha value is -0.790. The fraction of sp³-hybridized carbons (Fsp3) is 0.944. The molecule has 0 saturated carbocycles. The van der Waals surface area contributed by atoms with Gasteiger partial charge in [-0.3, -0.25) is 9.59 Å². The van der Waals surface area contributed by atoms with E-state index in [0.29, 0.717) is 23.9 Å². The molecule has 0 bridgehead atoms. The van der Waals surface area contributed by atoms with Crippen LogP contribution in [0.3, 0.4) is 0 Å². The molecular weight excluding hydrogens is 589 g/mol. The third-order valence-electron chi connectivity index (χ3n) is 8.03. The van der Waals surface area contributed by atoms with Gasteiger partial charge in [-0.1, -0.05) is 142 Å². The monoisotopic (exact) mass is 663 g/mol. The van der Waals surface area contributed by atoms with Crippen molar-refractivity contribution < 1.29 is 37.5 Å². The van der Waals surface area contributed by atoms with Crippen molar-refractivity contribution in [1.82, 2.24) is 0 Å². The molecule has 8 nitrogen and oxygen atoms in total. The molecule has 1 N–H and O–H groups in total. The first-order chi connectivity index (χ1) is 21.7. The number of esters is 2. The smallest absolute Gasteiger partial charge is 0.330 e. The lowest BCUT2D eigenvalue weighted by atomic mass is 10.1. The minimum atomic E-state index is -2.11. The molecule has 0 fully saturated rings. The second-order valence-electron chi connectivity index (χ2n) is 13.7. The van der Waals surface area contributed by atoms with E-state index in [4.69, 9.17) is 18.5 Å². The van der Waals surface area contributed by atoms with Crippen LogP contribution in [-0.4, -0.2) is 74.9 Å². The number of unbranched alkanes of at least 4 members (excludes halogenated alkanes) is 20. The Morgan fingerprint density at radius 3 is 1.40 bits per heavy atom. The minimum Gasteiger partial charge on any atom is -0.462 e. The van der Waals surface area contributed by atoms with Gasteiger partial charge in [-0.2, -0.15) is 0 Å². The van der Waals surface area contributed by atoms with Gasteiger partial charge in [-0.25, -0.2) is 0 Å². The van der Waals surface area contributed by atoms with Crippen LogP contribution < -0.4 is 0 Å². The van der Waals surface area contributed by atoms with E-state index in [-0.39, 0.29) is 25.2 Å². The van der Waals surface area contributed by atoms with Crippen LogP contribution in [0.5, 0.6) is 0 Å². The van der Waals surface area contributed by atoms with Crippen LogP contribution in [0, 0.1) is 0 Å². The van der Waals surface area contributed by atoms with Gasteiger partial charge in [0.2, 0.25) is 0 Å². The van der Waals surface area contributed by atoms with Crippen LogP contribution in [-0.2, 0) is 28.1 Å². The standard InChI is InChI=1S/C36H73NO7P/c1-6-8-10-12-14-16-18-20-22-24-26-28-35(38)41-32-34(33-43-45(40)42-31-30-37(3,4)5)44-36(39)29-27-25-23-21-19-17-15-13-11-9-7-2/h34,40H,6-33H2,1-5H3/q+1/t34-,45?/m0/s1. The third kappa shape index (κ3) is 34.4. The first-order valence-corrected chi connectivity index (χ1v) is 19.7. The van der Waals surface area contributed by atoms with Crippen molar-refractivity contribution in [3.63, 3.8) is 0 Å². The first kappa shape index (κ1) is 44.2. The van der Waals surface area contributed by atoms with Crippen molar-refractivity contribution in [2.45, 2.75) is 174 Å². The zero-order valence-corrected chi connectivity index (χ0v) is 31.1. The molecule has 0 aliphatic heterocycles. The quantitative estimate of drug-likeness (QED) is 0.0317. The summed E-state index contributed by atoms with van der Waals surface area (Å²) in [5, 5.41) is 0. The highest BCUT2D eigenvalue weighted by Crippen LogP contribution is 2.33. The van der Waals surface area contributed by atoms with Crippen LogP contribution in [0.2, 0.25) is 0 Å². The molecule has 0 amide bonds. The van der Waals surface area contributed by atoms with Crippen LogP contribution in [0.25, 0.3) is 0 Å². The Morgan fingerprint density at radius 1 is 0.578 bits per heavy atom. The summed E-state index contributed by atoms with van der Waals surface area (Å²) in [5.74, 6) is -0.614. The molecule has 2 atom stereocenters. The molecule has 0 aromatic carbocycles. The van der Waals surface area contributed by atoms with E-state index in [1.165, 1.54) is 103 Å². The van der Waals surface area contributed by atoms with E-state index in [0.717, 1.165) is 45.1 Å². The molecule has 0 rings (SSSR count). The van der Waals surface area contributed by atoms with Crippen LogP contribution >= 0.6 is 8.60 Å². The minimum absolute atomic E-state index is 0.0804. The highest BCUT2D eigenvalue weighted by Gasteiger charge is 2.21. The maximum absolute atomic E-state index is 12.6. The predicted molar refractivity (Wildman–Crippen MR) is 187 cm³/mol. The number of hydrogen-bond acceptors (Lipinski definition) is 7. The first-order valence-electron chi connectivity index (χ1n) is 18.6. The average molecular weight is 663 g/mol. The Bertz CT molecular complexity index is 674. The fourth-order valence-electron chi connectivity index (χ4n) is 5.06. The molecular formula is C36H73NO7P+. The Kier molecular flexibility index (Phi) is 31.2. The molecule has 0 aromatic heterocycles. The number of rotatable bonds is 34. The van der Waals surface area contributed by atoms with Crippen molar-refractivity contribution in [2.75, 3.05) is 47.5 Å². The third-order valence-corrected chi connectivity index (χ3v) is 8.81. The molecule has 0 radical (unpaired) electrons. The Morgan fingerprint density at radius 2 is 0.978 bits per heavy atom. The number of ether oxygens (including phenoxy) is 2. The van der Waals surface area contributed by atoms with Gasteiger partial charge in [-0.15, -0.1) is 0 Å². The predicted octanol–water partition coefficient (Wildman–Crippen LogP) is 9.80. The number of carbonyl (C=O) groups is 2. The van der Waals surface area contributed by atoms with Crippen molar-refractivity contribution in [2.24, 2.45) is 0 Å². The second-order valence-corrected chi connectivity index (χ2v) is 14.7. The van der Waals surface area contributed by atoms with Crippen LogP contribution in [0.15, 0.2) is 0 Å². The average Bonchev–Trinajstić information content (AvgIpc) is 2.99. The molecule has 268 valence electrons. The highest BCUT2D eigenvalue weighted by molar-refractivity contribution is 7.40. The van der Waals surface area contributed by atoms with Gasteiger partial charge in [0.05, 0.1) is 27.7 Å². The number of carbonyl (C=O) groups excluding carboxylic acids is 2. The lowest BCUT2D eigenvalue weighted by Crippen LogP contribution is -2.37. The molecule has 0 heterocycles. The maximum Gasteiger partial charge on any atom is 0.330 e. The van der Waals surface area contributed by atoms with E-state index in [1.807, 2.05) is 21.1 Å². The normalized spacial score (nSPS) is 13.1. The molecule has 0 aliphatic carbocycles. The molecule has 1 unspecified atom stereocenters. The zero-order chi connectivity index (χ0) is 33.4. The lowest BCUT2D eigenvalue weighted by Gasteiger charge is -2.24. The van der Waals surface area contributed by atoms with Crippen molar-refractivity contribution >= 4 is 20.5 Å². The molecule has 0 aliphatic rings. The van der Waals surface area contributed by atoms with Crippen LogP contribution in [0.1, 0.15) is 168 Å². The van der Waals surface area contributed by atoms with E-state index >= 15 is 0 Å².